The van der Waals surface area contributed by atoms with Gasteiger partial charge in [0.15, 0.2) is 17.6 Å². The second-order valence-corrected chi connectivity index (χ2v) is 6.32. The number of carbonyl (C=O) groups is 2. The fourth-order valence-corrected chi connectivity index (χ4v) is 2.64. The molecule has 1 heterocycles. The van der Waals surface area contributed by atoms with Crippen LogP contribution in [-0.2, 0) is 14.3 Å². The molecule has 7 nitrogen and oxygen atoms in total. The zero-order valence-corrected chi connectivity index (χ0v) is 15.9. The molecular formula is C22H20N2O5. The van der Waals surface area contributed by atoms with Gasteiger partial charge in [-0.3, -0.25) is 4.79 Å². The number of hydrogen-bond acceptors (Lipinski definition) is 6. The highest BCUT2D eigenvalue weighted by molar-refractivity contribution is 5.97. The molecule has 1 aliphatic heterocycles. The van der Waals surface area contributed by atoms with E-state index >= 15 is 0 Å². The third-order valence-electron chi connectivity index (χ3n) is 4.15. The van der Waals surface area contributed by atoms with E-state index in [0.29, 0.717) is 36.0 Å². The van der Waals surface area contributed by atoms with E-state index in [1.165, 1.54) is 13.0 Å². The molecule has 1 aliphatic rings. The van der Waals surface area contributed by atoms with Crippen LogP contribution in [0, 0.1) is 11.3 Å². The number of amides is 1. The minimum atomic E-state index is -1.03. The van der Waals surface area contributed by atoms with Crippen molar-refractivity contribution in [2.24, 2.45) is 0 Å². The Hall–Kier alpha value is -3.79. The summed E-state index contributed by atoms with van der Waals surface area (Å²) in [6, 6.07) is 13.9. The lowest BCUT2D eigenvalue weighted by Gasteiger charge is -2.13. The summed E-state index contributed by atoms with van der Waals surface area (Å²) in [5.74, 6) is 0.116. The minimum absolute atomic E-state index is 0.327. The number of hydrogen-bond donors (Lipinski definition) is 1. The van der Waals surface area contributed by atoms with Crippen LogP contribution in [0.25, 0.3) is 6.08 Å². The van der Waals surface area contributed by atoms with Crippen LogP contribution < -0.4 is 14.8 Å². The molecule has 148 valence electrons. The van der Waals surface area contributed by atoms with Gasteiger partial charge in [0.25, 0.3) is 5.91 Å². The first-order chi connectivity index (χ1) is 14.1. The number of nitrogens with one attached hydrogen (secondary N) is 1. The van der Waals surface area contributed by atoms with Gasteiger partial charge in [-0.1, -0.05) is 18.2 Å². The molecule has 0 radical (unpaired) electrons. The summed E-state index contributed by atoms with van der Waals surface area (Å²) in [5, 5.41) is 11.7. The van der Waals surface area contributed by atoms with E-state index < -0.39 is 18.0 Å². The first kappa shape index (κ1) is 20.0. The maximum atomic E-state index is 12.2. The van der Waals surface area contributed by atoms with Gasteiger partial charge in [0.05, 0.1) is 24.5 Å². The zero-order chi connectivity index (χ0) is 20.6. The Morgan fingerprint density at radius 1 is 1.17 bits per heavy atom. The van der Waals surface area contributed by atoms with Crippen LogP contribution in [0.4, 0.5) is 5.69 Å². The molecule has 1 amide bonds. The summed E-state index contributed by atoms with van der Waals surface area (Å²) in [7, 11) is 0. The van der Waals surface area contributed by atoms with Gasteiger partial charge in [-0.15, -0.1) is 0 Å². The van der Waals surface area contributed by atoms with Gasteiger partial charge in [-0.2, -0.15) is 5.26 Å². The van der Waals surface area contributed by atoms with Crippen molar-refractivity contribution in [1.29, 1.82) is 5.26 Å². The van der Waals surface area contributed by atoms with E-state index in [-0.39, 0.29) is 0 Å². The van der Waals surface area contributed by atoms with Crippen LogP contribution in [0.3, 0.4) is 0 Å². The van der Waals surface area contributed by atoms with Gasteiger partial charge < -0.3 is 19.5 Å². The smallest absolute Gasteiger partial charge is 0.331 e. The zero-order valence-electron chi connectivity index (χ0n) is 15.9. The Bertz CT molecular complexity index is 977. The molecule has 2 aromatic rings. The molecule has 1 N–H and O–H groups in total. The summed E-state index contributed by atoms with van der Waals surface area (Å²) in [4.78, 5) is 24.3. The van der Waals surface area contributed by atoms with Gasteiger partial charge in [0.2, 0.25) is 0 Å². The number of carbonyl (C=O) groups excluding carboxylic acids is 2. The molecule has 7 heteroatoms. The lowest BCUT2D eigenvalue weighted by molar-refractivity contribution is -0.148. The molecule has 0 aliphatic carbocycles. The first-order valence-electron chi connectivity index (χ1n) is 9.15. The number of nitriles is 1. The minimum Gasteiger partial charge on any atom is -0.490 e. The quantitative estimate of drug-likeness (QED) is 0.619. The highest BCUT2D eigenvalue weighted by atomic mass is 16.5. The summed E-state index contributed by atoms with van der Waals surface area (Å²) >= 11 is 0. The highest BCUT2D eigenvalue weighted by Gasteiger charge is 2.18. The van der Waals surface area contributed by atoms with E-state index in [1.807, 2.05) is 6.07 Å². The molecular weight excluding hydrogens is 372 g/mol. The third-order valence-corrected chi connectivity index (χ3v) is 4.15. The Labute approximate surface area is 168 Å². The van der Waals surface area contributed by atoms with E-state index in [1.54, 1.807) is 48.5 Å². The summed E-state index contributed by atoms with van der Waals surface area (Å²) < 4.78 is 16.3. The Morgan fingerprint density at radius 2 is 1.93 bits per heavy atom. The highest BCUT2D eigenvalue weighted by Crippen LogP contribution is 2.30. The molecule has 0 aromatic heterocycles. The average Bonchev–Trinajstić information content (AvgIpc) is 2.97. The van der Waals surface area contributed by atoms with Crippen molar-refractivity contribution >= 4 is 23.6 Å². The van der Waals surface area contributed by atoms with Gasteiger partial charge in [0.1, 0.15) is 6.07 Å². The predicted octanol–water partition coefficient (Wildman–Crippen LogP) is 3.30. The van der Waals surface area contributed by atoms with Crippen LogP contribution >= 0.6 is 0 Å². The van der Waals surface area contributed by atoms with E-state index in [4.69, 9.17) is 19.5 Å². The van der Waals surface area contributed by atoms with Crippen molar-refractivity contribution in [1.82, 2.24) is 0 Å². The van der Waals surface area contributed by atoms with Crippen molar-refractivity contribution in [3.05, 3.63) is 59.7 Å². The number of rotatable bonds is 5. The number of benzene rings is 2. The van der Waals surface area contributed by atoms with Gasteiger partial charge in [-0.05, 0) is 42.8 Å². The van der Waals surface area contributed by atoms with E-state index in [9.17, 15) is 9.59 Å². The number of fused-ring (bicyclic) bond motifs is 1. The third kappa shape index (κ3) is 5.36. The topological polar surface area (TPSA) is 97.7 Å². The molecule has 3 rings (SSSR count). The fourth-order valence-electron chi connectivity index (χ4n) is 2.64. The van der Waals surface area contributed by atoms with Gasteiger partial charge in [-0.25, -0.2) is 4.79 Å². The number of nitrogens with zero attached hydrogens (tertiary/aromatic N) is 1. The molecule has 0 fully saturated rings. The molecule has 0 unspecified atom stereocenters. The second kappa shape index (κ2) is 9.42. The van der Waals surface area contributed by atoms with Crippen LogP contribution in [-0.4, -0.2) is 31.2 Å². The van der Waals surface area contributed by atoms with Crippen LogP contribution in [0.2, 0.25) is 0 Å². The molecule has 0 bridgehead atoms. The maximum Gasteiger partial charge on any atom is 0.331 e. The molecule has 0 saturated heterocycles. The van der Waals surface area contributed by atoms with Crippen molar-refractivity contribution in [3.63, 3.8) is 0 Å². The molecule has 0 saturated carbocycles. The first-order valence-corrected chi connectivity index (χ1v) is 9.15. The van der Waals surface area contributed by atoms with Crippen molar-refractivity contribution in [2.45, 2.75) is 19.4 Å². The number of esters is 1. The number of para-hydroxylation sites is 1. The SMILES string of the molecule is C[C@H](OC(=O)/C=C/c1ccc2c(c1)OCCCO2)C(=O)Nc1ccccc1C#N. The van der Waals surface area contributed by atoms with E-state index in [2.05, 4.69) is 5.32 Å². The second-order valence-electron chi connectivity index (χ2n) is 6.32. The molecule has 2 aromatic carbocycles. The normalized spacial score (nSPS) is 13.8. The average molecular weight is 392 g/mol. The summed E-state index contributed by atoms with van der Waals surface area (Å²) in [6.45, 7) is 2.64. The van der Waals surface area contributed by atoms with Crippen molar-refractivity contribution < 1.29 is 23.8 Å². The Balaban J connectivity index is 1.58. The molecule has 1 atom stereocenters. The molecule has 0 spiro atoms. The monoisotopic (exact) mass is 392 g/mol. The number of ether oxygens (including phenoxy) is 3. The summed E-state index contributed by atoms with van der Waals surface area (Å²) in [5.41, 5.74) is 1.44. The van der Waals surface area contributed by atoms with Crippen LogP contribution in [0.5, 0.6) is 11.5 Å². The van der Waals surface area contributed by atoms with Crippen molar-refractivity contribution in [2.75, 3.05) is 18.5 Å². The number of anilines is 1. The largest absolute Gasteiger partial charge is 0.490 e. The summed E-state index contributed by atoms with van der Waals surface area (Å²) in [6.07, 6.45) is 2.60. The fraction of sp³-hybridized carbons (Fsp3) is 0.227. The lowest BCUT2D eigenvalue weighted by Crippen LogP contribution is -2.29. The molecule has 29 heavy (non-hydrogen) atoms. The van der Waals surface area contributed by atoms with E-state index in [0.717, 1.165) is 12.0 Å². The predicted molar refractivity (Wildman–Crippen MR) is 106 cm³/mol. The van der Waals surface area contributed by atoms with Crippen LogP contribution in [0.15, 0.2) is 48.5 Å². The van der Waals surface area contributed by atoms with Crippen LogP contribution in [0.1, 0.15) is 24.5 Å². The van der Waals surface area contributed by atoms with Gasteiger partial charge in [0, 0.05) is 12.5 Å². The van der Waals surface area contributed by atoms with Crippen molar-refractivity contribution in [3.8, 4) is 17.6 Å². The Morgan fingerprint density at radius 3 is 2.72 bits per heavy atom. The lowest BCUT2D eigenvalue weighted by atomic mass is 10.2. The standard InChI is InChI=1S/C22H20N2O5/c1-15(22(26)24-18-6-3-2-5-17(18)14-23)29-21(25)10-8-16-7-9-19-20(13-16)28-12-4-11-27-19/h2-3,5-10,13,15H,4,11-12H2,1H3,(H,24,26)/b10-8+/t15-/m0/s1. The Kier molecular flexibility index (Phi) is 6.48. The maximum absolute atomic E-state index is 12.2. The van der Waals surface area contributed by atoms with Gasteiger partial charge >= 0.3 is 5.97 Å².